The van der Waals surface area contributed by atoms with Gasteiger partial charge in [0.15, 0.2) is 0 Å². The highest BCUT2D eigenvalue weighted by molar-refractivity contribution is 7.89. The first-order chi connectivity index (χ1) is 12.4. The van der Waals surface area contributed by atoms with Crippen molar-refractivity contribution in [1.29, 1.82) is 0 Å². The summed E-state index contributed by atoms with van der Waals surface area (Å²) >= 11 is 0. The second kappa shape index (κ2) is 7.68. The maximum absolute atomic E-state index is 13.0. The molecule has 0 radical (unpaired) electrons. The summed E-state index contributed by atoms with van der Waals surface area (Å²) in [6.07, 6.45) is 1.34. The predicted molar refractivity (Wildman–Crippen MR) is 91.1 cm³/mol. The van der Waals surface area contributed by atoms with E-state index in [0.29, 0.717) is 19.5 Å². The molecule has 0 aliphatic carbocycles. The largest absolute Gasteiger partial charge is 0.354 e. The molecule has 1 aromatic rings. The molecule has 2 saturated heterocycles. The first kappa shape index (κ1) is 18.7. The van der Waals surface area contributed by atoms with E-state index in [9.17, 15) is 22.4 Å². The topological polar surface area (TPSA) is 108 Å². The Morgan fingerprint density at radius 1 is 1.23 bits per heavy atom. The molecule has 2 aliphatic rings. The van der Waals surface area contributed by atoms with Crippen LogP contribution in [-0.2, 0) is 19.6 Å². The van der Waals surface area contributed by atoms with Gasteiger partial charge in [-0.1, -0.05) is 0 Å². The van der Waals surface area contributed by atoms with E-state index in [2.05, 4.69) is 16.0 Å². The second-order valence-electron chi connectivity index (χ2n) is 6.32. The first-order valence-electron chi connectivity index (χ1n) is 8.45. The van der Waals surface area contributed by atoms with Crippen molar-refractivity contribution >= 4 is 21.8 Å². The van der Waals surface area contributed by atoms with E-state index < -0.39 is 33.8 Å². The molecule has 2 heterocycles. The molecule has 26 heavy (non-hydrogen) atoms. The Bertz CT molecular complexity index is 784. The lowest BCUT2D eigenvalue weighted by Crippen LogP contribution is -2.61. The van der Waals surface area contributed by atoms with Crippen LogP contribution in [0, 0.1) is 5.82 Å². The predicted octanol–water partition coefficient (Wildman–Crippen LogP) is -0.817. The van der Waals surface area contributed by atoms with Gasteiger partial charge in [0, 0.05) is 26.2 Å². The number of nitrogens with one attached hydrogen (secondary N) is 3. The minimum absolute atomic E-state index is 0.0217. The zero-order valence-electron chi connectivity index (χ0n) is 14.1. The van der Waals surface area contributed by atoms with Gasteiger partial charge in [-0.3, -0.25) is 9.59 Å². The van der Waals surface area contributed by atoms with Crippen LogP contribution < -0.4 is 16.0 Å². The third kappa shape index (κ3) is 4.02. The SMILES string of the molecule is O=C(N[C@@H]1CCCNC1=O)[C@@H]1CN(S(=O)(=O)c2ccc(F)cc2)CCN1. The fourth-order valence-electron chi connectivity index (χ4n) is 3.05. The van der Waals surface area contributed by atoms with E-state index in [1.165, 1.54) is 16.4 Å². The highest BCUT2D eigenvalue weighted by Gasteiger charge is 2.34. The zero-order chi connectivity index (χ0) is 18.7. The smallest absolute Gasteiger partial charge is 0.243 e. The molecule has 10 heteroatoms. The van der Waals surface area contributed by atoms with E-state index in [4.69, 9.17) is 0 Å². The van der Waals surface area contributed by atoms with Crippen molar-refractivity contribution in [1.82, 2.24) is 20.3 Å². The number of sulfonamides is 1. The van der Waals surface area contributed by atoms with Crippen molar-refractivity contribution in [2.45, 2.75) is 29.8 Å². The standard InChI is InChI=1S/C16H21FN4O4S/c17-11-3-5-12(6-4-11)26(24,25)21-9-8-18-14(10-21)16(23)20-13-2-1-7-19-15(13)22/h3-6,13-14,18H,1-2,7-10H2,(H,19,22)(H,20,23)/t13-,14+/m1/s1. The van der Waals surface area contributed by atoms with Crippen molar-refractivity contribution in [3.63, 3.8) is 0 Å². The molecule has 0 saturated carbocycles. The lowest BCUT2D eigenvalue weighted by atomic mass is 10.1. The molecule has 0 aromatic heterocycles. The van der Waals surface area contributed by atoms with Crippen LogP contribution in [0.25, 0.3) is 0 Å². The number of carbonyl (C=O) groups excluding carboxylic acids is 2. The van der Waals surface area contributed by atoms with E-state index in [-0.39, 0.29) is 23.9 Å². The molecule has 3 rings (SSSR count). The molecule has 0 spiro atoms. The van der Waals surface area contributed by atoms with Crippen LogP contribution >= 0.6 is 0 Å². The number of nitrogens with zero attached hydrogens (tertiary/aromatic N) is 1. The molecule has 3 N–H and O–H groups in total. The van der Waals surface area contributed by atoms with E-state index in [1.54, 1.807) is 0 Å². The van der Waals surface area contributed by atoms with Crippen LogP contribution in [0.5, 0.6) is 0 Å². The van der Waals surface area contributed by atoms with Gasteiger partial charge in [-0.25, -0.2) is 12.8 Å². The molecule has 2 atom stereocenters. The Morgan fingerprint density at radius 2 is 1.96 bits per heavy atom. The molecule has 2 fully saturated rings. The lowest BCUT2D eigenvalue weighted by Gasteiger charge is -2.33. The van der Waals surface area contributed by atoms with Gasteiger partial charge in [0.25, 0.3) is 0 Å². The first-order valence-corrected chi connectivity index (χ1v) is 9.89. The maximum atomic E-state index is 13.0. The van der Waals surface area contributed by atoms with Crippen molar-refractivity contribution in [3.05, 3.63) is 30.1 Å². The van der Waals surface area contributed by atoms with Gasteiger partial charge in [0.05, 0.1) is 4.90 Å². The Balaban J connectivity index is 1.67. The zero-order valence-corrected chi connectivity index (χ0v) is 14.9. The van der Waals surface area contributed by atoms with Gasteiger partial charge in [-0.2, -0.15) is 4.31 Å². The number of piperidine rings is 1. The summed E-state index contributed by atoms with van der Waals surface area (Å²) < 4.78 is 39.6. The summed E-state index contributed by atoms with van der Waals surface area (Å²) in [5.41, 5.74) is 0. The molecule has 2 aliphatic heterocycles. The Hall–Kier alpha value is -2.04. The monoisotopic (exact) mass is 384 g/mol. The van der Waals surface area contributed by atoms with Crippen LogP contribution in [0.1, 0.15) is 12.8 Å². The summed E-state index contributed by atoms with van der Waals surface area (Å²) in [6, 6.07) is 3.22. The molecule has 1 aromatic carbocycles. The lowest BCUT2D eigenvalue weighted by molar-refractivity contribution is -0.131. The van der Waals surface area contributed by atoms with Gasteiger partial charge in [-0.15, -0.1) is 0 Å². The van der Waals surface area contributed by atoms with Gasteiger partial charge in [-0.05, 0) is 37.1 Å². The normalized spacial score (nSPS) is 24.7. The minimum Gasteiger partial charge on any atom is -0.354 e. The van der Waals surface area contributed by atoms with Crippen LogP contribution in [0.15, 0.2) is 29.2 Å². The van der Waals surface area contributed by atoms with Crippen molar-refractivity contribution < 1.29 is 22.4 Å². The van der Waals surface area contributed by atoms with Crippen molar-refractivity contribution in [2.24, 2.45) is 0 Å². The van der Waals surface area contributed by atoms with Crippen molar-refractivity contribution in [2.75, 3.05) is 26.2 Å². The second-order valence-corrected chi connectivity index (χ2v) is 8.26. The number of hydrogen-bond acceptors (Lipinski definition) is 5. The number of benzene rings is 1. The Kier molecular flexibility index (Phi) is 5.54. The van der Waals surface area contributed by atoms with Crippen LogP contribution in [-0.4, -0.2) is 62.8 Å². The molecular weight excluding hydrogens is 363 g/mol. The summed E-state index contributed by atoms with van der Waals surface area (Å²) in [6.45, 7) is 1.04. The van der Waals surface area contributed by atoms with Gasteiger partial charge in [0.2, 0.25) is 21.8 Å². The molecule has 142 valence electrons. The number of carbonyl (C=O) groups is 2. The average molecular weight is 384 g/mol. The maximum Gasteiger partial charge on any atom is 0.243 e. The fourth-order valence-corrected chi connectivity index (χ4v) is 4.51. The quantitative estimate of drug-likeness (QED) is 0.629. The van der Waals surface area contributed by atoms with Crippen LogP contribution in [0.3, 0.4) is 0 Å². The summed E-state index contributed by atoms with van der Waals surface area (Å²) in [4.78, 5) is 24.2. The van der Waals surface area contributed by atoms with Gasteiger partial charge < -0.3 is 16.0 Å². The molecular formula is C16H21FN4O4S. The molecule has 0 unspecified atom stereocenters. The van der Waals surface area contributed by atoms with E-state index >= 15 is 0 Å². The number of piperazine rings is 1. The Labute approximate surface area is 151 Å². The highest BCUT2D eigenvalue weighted by Crippen LogP contribution is 2.18. The summed E-state index contributed by atoms with van der Waals surface area (Å²) in [7, 11) is -3.82. The fraction of sp³-hybridized carbons (Fsp3) is 0.500. The third-order valence-corrected chi connectivity index (χ3v) is 6.39. The summed E-state index contributed by atoms with van der Waals surface area (Å²) in [5.74, 6) is -1.16. The third-order valence-electron chi connectivity index (χ3n) is 4.51. The molecule has 0 bridgehead atoms. The molecule has 2 amide bonds. The van der Waals surface area contributed by atoms with Crippen LogP contribution in [0.2, 0.25) is 0 Å². The number of rotatable bonds is 4. The van der Waals surface area contributed by atoms with Gasteiger partial charge in [0.1, 0.15) is 17.9 Å². The summed E-state index contributed by atoms with van der Waals surface area (Å²) in [5, 5.41) is 8.34. The minimum atomic E-state index is -3.82. The Morgan fingerprint density at radius 3 is 2.65 bits per heavy atom. The number of halogens is 1. The molecule has 8 nitrogen and oxygen atoms in total. The average Bonchev–Trinajstić information content (AvgIpc) is 2.64. The number of hydrogen-bond donors (Lipinski definition) is 3. The van der Waals surface area contributed by atoms with Crippen LogP contribution in [0.4, 0.5) is 4.39 Å². The van der Waals surface area contributed by atoms with Gasteiger partial charge >= 0.3 is 0 Å². The number of amides is 2. The van der Waals surface area contributed by atoms with E-state index in [0.717, 1.165) is 18.6 Å². The van der Waals surface area contributed by atoms with E-state index in [1.807, 2.05) is 0 Å². The van der Waals surface area contributed by atoms with Crippen molar-refractivity contribution in [3.8, 4) is 0 Å². The highest BCUT2D eigenvalue weighted by atomic mass is 32.2.